The van der Waals surface area contributed by atoms with Gasteiger partial charge in [0.25, 0.3) is 0 Å². The van der Waals surface area contributed by atoms with E-state index in [-0.39, 0.29) is 5.54 Å². The zero-order valence-corrected chi connectivity index (χ0v) is 15.5. The van der Waals surface area contributed by atoms with Crippen LogP contribution in [0.15, 0.2) is 0 Å². The van der Waals surface area contributed by atoms with Crippen molar-refractivity contribution in [2.24, 2.45) is 11.3 Å². The second kappa shape index (κ2) is 6.37. The Hall–Kier alpha value is -0.410. The summed E-state index contributed by atoms with van der Waals surface area (Å²) in [7, 11) is 0. The quantitative estimate of drug-likeness (QED) is 0.809. The first kappa shape index (κ1) is 17.0. The maximum Gasteiger partial charge on any atom is 0.113 e. The summed E-state index contributed by atoms with van der Waals surface area (Å²) in [5.41, 5.74) is 1.83. The predicted molar refractivity (Wildman–Crippen MR) is 93.0 cm³/mol. The van der Waals surface area contributed by atoms with E-state index < -0.39 is 0 Å². The van der Waals surface area contributed by atoms with Gasteiger partial charge < -0.3 is 5.32 Å². The highest BCUT2D eigenvalue weighted by Gasteiger charge is 2.42. The summed E-state index contributed by atoms with van der Waals surface area (Å²) in [6.45, 7) is 14.8. The van der Waals surface area contributed by atoms with Crippen LogP contribution in [0.3, 0.4) is 0 Å². The molecule has 3 heteroatoms. The van der Waals surface area contributed by atoms with Gasteiger partial charge in [-0.15, -0.1) is 11.3 Å². The van der Waals surface area contributed by atoms with Gasteiger partial charge in [0.15, 0.2) is 0 Å². The Bertz CT molecular complexity index is 448. The van der Waals surface area contributed by atoms with Crippen LogP contribution < -0.4 is 5.32 Å². The van der Waals surface area contributed by atoms with Gasteiger partial charge in [-0.05, 0) is 57.4 Å². The summed E-state index contributed by atoms with van der Waals surface area (Å²) >= 11 is 1.90. The molecule has 1 aromatic heterocycles. The van der Waals surface area contributed by atoms with E-state index in [1.165, 1.54) is 47.7 Å². The lowest BCUT2D eigenvalue weighted by molar-refractivity contribution is 0.0984. The molecule has 0 unspecified atom stereocenters. The molecule has 0 amide bonds. The van der Waals surface area contributed by atoms with Crippen molar-refractivity contribution in [3.8, 4) is 0 Å². The molecule has 0 radical (unpaired) electrons. The standard InChI is InChI=1S/C18H32N2S/c1-7-17(5,6)15-9-11-18(12-10-15,19-8-2)16-20-13(3)14(4)21-16/h15,19H,7-12H2,1-6H3. The van der Waals surface area contributed by atoms with Crippen molar-refractivity contribution in [2.75, 3.05) is 6.54 Å². The minimum absolute atomic E-state index is 0.138. The van der Waals surface area contributed by atoms with Crippen molar-refractivity contribution >= 4 is 11.3 Å². The Morgan fingerprint density at radius 3 is 2.29 bits per heavy atom. The molecule has 2 rings (SSSR count). The molecule has 1 aromatic rings. The summed E-state index contributed by atoms with van der Waals surface area (Å²) in [6, 6.07) is 0. The van der Waals surface area contributed by atoms with Gasteiger partial charge in [-0.2, -0.15) is 0 Å². The van der Waals surface area contributed by atoms with Gasteiger partial charge in [-0.25, -0.2) is 4.98 Å². The van der Waals surface area contributed by atoms with Crippen LogP contribution in [0.1, 0.15) is 75.4 Å². The molecule has 1 aliphatic rings. The normalized spacial score (nSPS) is 27.0. The molecule has 0 saturated heterocycles. The molecule has 0 atom stereocenters. The highest BCUT2D eigenvalue weighted by Crippen LogP contribution is 2.47. The molecule has 2 nitrogen and oxygen atoms in total. The van der Waals surface area contributed by atoms with Crippen molar-refractivity contribution in [3.05, 3.63) is 15.6 Å². The fourth-order valence-electron chi connectivity index (χ4n) is 3.66. The summed E-state index contributed by atoms with van der Waals surface area (Å²) in [4.78, 5) is 6.26. The number of aryl methyl sites for hydroxylation is 2. The largest absolute Gasteiger partial charge is 0.306 e. The molecular formula is C18H32N2S. The van der Waals surface area contributed by atoms with E-state index in [9.17, 15) is 0 Å². The van der Waals surface area contributed by atoms with Crippen molar-refractivity contribution in [1.29, 1.82) is 0 Å². The van der Waals surface area contributed by atoms with Gasteiger partial charge in [0.05, 0.1) is 11.2 Å². The van der Waals surface area contributed by atoms with Crippen molar-refractivity contribution in [3.63, 3.8) is 0 Å². The first-order valence-electron chi connectivity index (χ1n) is 8.54. The Labute approximate surface area is 134 Å². The molecule has 21 heavy (non-hydrogen) atoms. The van der Waals surface area contributed by atoms with E-state index in [4.69, 9.17) is 4.98 Å². The fourth-order valence-corrected chi connectivity index (χ4v) is 4.80. The van der Waals surface area contributed by atoms with Gasteiger partial charge in [-0.3, -0.25) is 0 Å². The molecule has 0 bridgehead atoms. The van der Waals surface area contributed by atoms with Crippen LogP contribution in [0, 0.1) is 25.2 Å². The van der Waals surface area contributed by atoms with Crippen LogP contribution in [-0.2, 0) is 5.54 Å². The third kappa shape index (κ3) is 3.34. The summed E-state index contributed by atoms with van der Waals surface area (Å²) in [5.74, 6) is 0.858. The molecule has 0 aliphatic heterocycles. The highest BCUT2D eigenvalue weighted by atomic mass is 32.1. The average molecular weight is 309 g/mol. The number of nitrogens with zero attached hydrogens (tertiary/aromatic N) is 1. The van der Waals surface area contributed by atoms with E-state index in [0.29, 0.717) is 5.41 Å². The SMILES string of the molecule is CCNC1(c2nc(C)c(C)s2)CCC(C(C)(C)CC)CC1. The van der Waals surface area contributed by atoms with Gasteiger partial charge in [-0.1, -0.05) is 34.1 Å². The second-order valence-corrected chi connectivity index (χ2v) is 8.59. The lowest BCUT2D eigenvalue weighted by atomic mass is 9.65. The third-order valence-corrected chi connectivity index (χ3v) is 7.09. The number of nitrogens with one attached hydrogen (secondary N) is 1. The number of rotatable bonds is 5. The number of aromatic nitrogens is 1. The Kier molecular flexibility index (Phi) is 5.15. The second-order valence-electron chi connectivity index (χ2n) is 7.39. The lowest BCUT2D eigenvalue weighted by Crippen LogP contribution is -2.46. The summed E-state index contributed by atoms with van der Waals surface area (Å²) in [5, 5.41) is 5.12. The van der Waals surface area contributed by atoms with Crippen LogP contribution >= 0.6 is 11.3 Å². The monoisotopic (exact) mass is 308 g/mol. The molecule has 1 heterocycles. The maximum absolute atomic E-state index is 4.89. The molecule has 1 N–H and O–H groups in total. The van der Waals surface area contributed by atoms with Crippen LogP contribution in [0.25, 0.3) is 0 Å². The smallest absolute Gasteiger partial charge is 0.113 e. The van der Waals surface area contributed by atoms with Gasteiger partial charge in [0.2, 0.25) is 0 Å². The number of thiazole rings is 1. The van der Waals surface area contributed by atoms with Crippen LogP contribution in [-0.4, -0.2) is 11.5 Å². The fraction of sp³-hybridized carbons (Fsp3) is 0.833. The molecule has 1 fully saturated rings. The van der Waals surface area contributed by atoms with Crippen molar-refractivity contribution in [2.45, 2.75) is 79.2 Å². The topological polar surface area (TPSA) is 24.9 Å². The minimum atomic E-state index is 0.138. The first-order valence-corrected chi connectivity index (χ1v) is 9.36. The van der Waals surface area contributed by atoms with E-state index in [0.717, 1.165) is 12.5 Å². The molecule has 1 aliphatic carbocycles. The predicted octanol–water partition coefficient (Wildman–Crippen LogP) is 5.19. The zero-order chi connectivity index (χ0) is 15.7. The van der Waals surface area contributed by atoms with Gasteiger partial charge >= 0.3 is 0 Å². The number of hydrogen-bond donors (Lipinski definition) is 1. The zero-order valence-electron chi connectivity index (χ0n) is 14.7. The van der Waals surface area contributed by atoms with Crippen LogP contribution in [0.2, 0.25) is 0 Å². The van der Waals surface area contributed by atoms with Crippen LogP contribution in [0.4, 0.5) is 0 Å². The number of hydrogen-bond acceptors (Lipinski definition) is 3. The molecule has 0 aromatic carbocycles. The Morgan fingerprint density at radius 1 is 1.24 bits per heavy atom. The van der Waals surface area contributed by atoms with Gasteiger partial charge in [0, 0.05) is 4.88 Å². The molecular weight excluding hydrogens is 276 g/mol. The third-order valence-electron chi connectivity index (χ3n) is 5.81. The van der Waals surface area contributed by atoms with E-state index in [1.54, 1.807) is 0 Å². The van der Waals surface area contributed by atoms with Crippen LogP contribution in [0.5, 0.6) is 0 Å². The lowest BCUT2D eigenvalue weighted by Gasteiger charge is -2.44. The molecule has 1 saturated carbocycles. The summed E-state index contributed by atoms with van der Waals surface area (Å²) < 4.78 is 0. The summed E-state index contributed by atoms with van der Waals surface area (Å²) in [6.07, 6.45) is 6.40. The maximum atomic E-state index is 4.89. The van der Waals surface area contributed by atoms with E-state index in [2.05, 4.69) is 46.9 Å². The molecule has 0 spiro atoms. The Balaban J connectivity index is 2.19. The Morgan fingerprint density at radius 2 is 1.86 bits per heavy atom. The van der Waals surface area contributed by atoms with Crippen molar-refractivity contribution in [1.82, 2.24) is 10.3 Å². The van der Waals surface area contributed by atoms with Crippen molar-refractivity contribution < 1.29 is 0 Å². The van der Waals surface area contributed by atoms with E-state index >= 15 is 0 Å². The van der Waals surface area contributed by atoms with Gasteiger partial charge in [0.1, 0.15) is 5.01 Å². The van der Waals surface area contributed by atoms with E-state index in [1.807, 2.05) is 11.3 Å². The molecule has 120 valence electrons. The average Bonchev–Trinajstić information content (AvgIpc) is 2.80. The minimum Gasteiger partial charge on any atom is -0.306 e. The first-order chi connectivity index (χ1) is 9.84. The highest BCUT2D eigenvalue weighted by molar-refractivity contribution is 7.11.